The van der Waals surface area contributed by atoms with Gasteiger partial charge in [0, 0.05) is 5.02 Å². The molecule has 0 saturated heterocycles. The minimum absolute atomic E-state index is 0.0378. The van der Waals surface area contributed by atoms with Crippen LogP contribution in [-0.2, 0) is 4.74 Å². The van der Waals surface area contributed by atoms with Crippen molar-refractivity contribution in [2.75, 3.05) is 6.61 Å². The molecule has 2 aromatic carbocycles. The van der Waals surface area contributed by atoms with E-state index in [0.29, 0.717) is 5.02 Å². The molecule has 6 heteroatoms. The smallest absolute Gasteiger partial charge is 0.338 e. The molecule has 2 aromatic rings. The van der Waals surface area contributed by atoms with Crippen molar-refractivity contribution in [3.63, 3.8) is 0 Å². The fourth-order valence-corrected chi connectivity index (χ4v) is 2.44. The number of hydrogen-bond donors (Lipinski definition) is 0. The Labute approximate surface area is 136 Å². The minimum atomic E-state index is -0.558. The van der Waals surface area contributed by atoms with E-state index in [1.54, 1.807) is 24.3 Å². The Morgan fingerprint density at radius 2 is 1.86 bits per heavy atom. The predicted octanol–water partition coefficient (Wildman–Crippen LogP) is 4.59. The highest BCUT2D eigenvalue weighted by Gasteiger charge is 2.16. The first-order valence-corrected chi connectivity index (χ1v) is 7.59. The molecule has 112 valence electrons. The number of rotatable bonds is 5. The number of halogens is 2. The third kappa shape index (κ3) is 4.48. The van der Waals surface area contributed by atoms with E-state index in [9.17, 15) is 9.18 Å². The first-order valence-electron chi connectivity index (χ1n) is 6.33. The Morgan fingerprint density at radius 3 is 2.45 bits per heavy atom. The van der Waals surface area contributed by atoms with E-state index in [1.165, 1.54) is 24.3 Å². The maximum Gasteiger partial charge on any atom is 0.338 e. The van der Waals surface area contributed by atoms with Crippen molar-refractivity contribution in [3.05, 3.63) is 70.5 Å². The molecule has 0 N–H and O–H groups in total. The second-order valence-corrected chi connectivity index (χ2v) is 5.78. The second kappa shape index (κ2) is 7.83. The van der Waals surface area contributed by atoms with Crippen LogP contribution < -0.4 is 0 Å². The van der Waals surface area contributed by atoms with Crippen molar-refractivity contribution in [3.8, 4) is 5.40 Å². The lowest BCUT2D eigenvalue weighted by Gasteiger charge is -2.14. The number of carbonyl (C=O) groups is 1. The highest BCUT2D eigenvalue weighted by molar-refractivity contribution is 8.03. The number of nitriles is 1. The van der Waals surface area contributed by atoms with Crippen LogP contribution in [0, 0.1) is 16.5 Å². The van der Waals surface area contributed by atoms with Crippen LogP contribution in [0.25, 0.3) is 0 Å². The Morgan fingerprint density at radius 1 is 1.23 bits per heavy atom. The van der Waals surface area contributed by atoms with E-state index in [2.05, 4.69) is 0 Å². The Hall–Kier alpha value is -2.03. The molecule has 0 saturated carbocycles. The lowest BCUT2D eigenvalue weighted by molar-refractivity contribution is 0.0506. The summed E-state index contributed by atoms with van der Waals surface area (Å²) in [6, 6.07) is 12.1. The average Bonchev–Trinajstić information content (AvgIpc) is 2.53. The molecule has 0 radical (unpaired) electrons. The third-order valence-corrected chi connectivity index (χ3v) is 3.93. The summed E-state index contributed by atoms with van der Waals surface area (Å²) in [5.74, 6) is -0.979. The molecular formula is C16H11ClFNO2S. The summed E-state index contributed by atoms with van der Waals surface area (Å²) in [6.07, 6.45) is 0. The molecule has 0 bridgehead atoms. The Kier molecular flexibility index (Phi) is 5.82. The van der Waals surface area contributed by atoms with E-state index in [-0.39, 0.29) is 17.4 Å². The van der Waals surface area contributed by atoms with Crippen molar-refractivity contribution in [2.45, 2.75) is 5.25 Å². The van der Waals surface area contributed by atoms with Gasteiger partial charge in [-0.25, -0.2) is 9.18 Å². The fourth-order valence-electron chi connectivity index (χ4n) is 1.76. The van der Waals surface area contributed by atoms with Gasteiger partial charge in [-0.05, 0) is 53.7 Å². The number of carbonyl (C=O) groups excluding carboxylic acids is 1. The summed E-state index contributed by atoms with van der Waals surface area (Å²) < 4.78 is 18.0. The van der Waals surface area contributed by atoms with Crippen molar-refractivity contribution in [1.82, 2.24) is 0 Å². The van der Waals surface area contributed by atoms with Crippen LogP contribution in [0.3, 0.4) is 0 Å². The molecule has 0 aliphatic heterocycles. The van der Waals surface area contributed by atoms with Gasteiger partial charge in [0.15, 0.2) is 0 Å². The molecule has 1 unspecified atom stereocenters. The standard InChI is InChI=1S/C16H11ClFNO2S/c17-13-5-1-11(2-6-13)15(22-10-19)9-21-16(20)12-3-7-14(18)8-4-12/h1-8,15H,9H2. The van der Waals surface area contributed by atoms with Gasteiger partial charge in [-0.3, -0.25) is 0 Å². The van der Waals surface area contributed by atoms with E-state index in [0.717, 1.165) is 17.3 Å². The van der Waals surface area contributed by atoms with Gasteiger partial charge in [-0.15, -0.1) is 0 Å². The van der Waals surface area contributed by atoms with Crippen molar-refractivity contribution >= 4 is 29.3 Å². The highest BCUT2D eigenvalue weighted by Crippen LogP contribution is 2.29. The zero-order valence-electron chi connectivity index (χ0n) is 11.3. The second-order valence-electron chi connectivity index (χ2n) is 4.35. The summed E-state index contributed by atoms with van der Waals surface area (Å²) in [7, 11) is 0. The van der Waals surface area contributed by atoms with Crippen molar-refractivity contribution < 1.29 is 13.9 Å². The SMILES string of the molecule is N#CSC(COC(=O)c1ccc(F)cc1)c1ccc(Cl)cc1. The molecule has 0 amide bonds. The molecule has 0 fully saturated rings. The van der Waals surface area contributed by atoms with Gasteiger partial charge in [-0.2, -0.15) is 5.26 Å². The molecule has 2 rings (SSSR count). The summed E-state index contributed by atoms with van der Waals surface area (Å²) in [5.41, 5.74) is 1.10. The van der Waals surface area contributed by atoms with Gasteiger partial charge in [0.2, 0.25) is 0 Å². The van der Waals surface area contributed by atoms with Gasteiger partial charge < -0.3 is 4.74 Å². The summed E-state index contributed by atoms with van der Waals surface area (Å²) in [6.45, 7) is 0.0378. The van der Waals surface area contributed by atoms with E-state index in [1.807, 2.05) is 5.40 Å². The Balaban J connectivity index is 2.02. The van der Waals surface area contributed by atoms with E-state index >= 15 is 0 Å². The van der Waals surface area contributed by atoms with Crippen LogP contribution >= 0.6 is 23.4 Å². The van der Waals surface area contributed by atoms with Crippen LogP contribution in [0.1, 0.15) is 21.2 Å². The molecule has 0 aliphatic rings. The van der Waals surface area contributed by atoms with Gasteiger partial charge in [0.1, 0.15) is 17.8 Å². The molecule has 0 heterocycles. The first-order chi connectivity index (χ1) is 10.6. The highest BCUT2D eigenvalue weighted by atomic mass is 35.5. The summed E-state index contributed by atoms with van der Waals surface area (Å²) >= 11 is 6.83. The zero-order chi connectivity index (χ0) is 15.9. The number of nitrogens with zero attached hydrogens (tertiary/aromatic N) is 1. The molecule has 0 aliphatic carbocycles. The number of thioether (sulfide) groups is 1. The fraction of sp³-hybridized carbons (Fsp3) is 0.125. The quantitative estimate of drug-likeness (QED) is 0.592. The van der Waals surface area contributed by atoms with Crippen molar-refractivity contribution in [2.24, 2.45) is 0 Å². The third-order valence-electron chi connectivity index (χ3n) is 2.88. The van der Waals surface area contributed by atoms with Crippen LogP contribution in [0.5, 0.6) is 0 Å². The van der Waals surface area contributed by atoms with E-state index < -0.39 is 11.8 Å². The van der Waals surface area contributed by atoms with Crippen LogP contribution in [0.2, 0.25) is 5.02 Å². The van der Waals surface area contributed by atoms with Crippen LogP contribution in [0.4, 0.5) is 4.39 Å². The predicted molar refractivity (Wildman–Crippen MR) is 84.1 cm³/mol. The molecule has 0 spiro atoms. The monoisotopic (exact) mass is 335 g/mol. The lowest BCUT2D eigenvalue weighted by Crippen LogP contribution is -2.11. The topological polar surface area (TPSA) is 50.1 Å². The molecular weight excluding hydrogens is 325 g/mol. The first kappa shape index (κ1) is 16.3. The molecule has 3 nitrogen and oxygen atoms in total. The zero-order valence-corrected chi connectivity index (χ0v) is 12.9. The number of benzene rings is 2. The molecule has 22 heavy (non-hydrogen) atoms. The number of thiocyanates is 1. The van der Waals surface area contributed by atoms with Crippen molar-refractivity contribution in [1.29, 1.82) is 5.26 Å². The minimum Gasteiger partial charge on any atom is -0.461 e. The normalized spacial score (nSPS) is 11.5. The summed E-state index contributed by atoms with van der Waals surface area (Å²) in [4.78, 5) is 11.9. The summed E-state index contributed by atoms with van der Waals surface area (Å²) in [5, 5.41) is 11.1. The Bertz CT molecular complexity index is 683. The van der Waals surface area contributed by atoms with Gasteiger partial charge >= 0.3 is 5.97 Å². The van der Waals surface area contributed by atoms with Gasteiger partial charge in [0.25, 0.3) is 0 Å². The number of esters is 1. The molecule has 0 aromatic heterocycles. The van der Waals surface area contributed by atoms with Crippen LogP contribution in [0.15, 0.2) is 48.5 Å². The lowest BCUT2D eigenvalue weighted by atomic mass is 10.1. The maximum absolute atomic E-state index is 12.8. The maximum atomic E-state index is 12.8. The number of ether oxygens (including phenoxy) is 1. The van der Waals surface area contributed by atoms with Gasteiger partial charge in [-0.1, -0.05) is 23.7 Å². The van der Waals surface area contributed by atoms with Crippen LogP contribution in [-0.4, -0.2) is 12.6 Å². The van der Waals surface area contributed by atoms with E-state index in [4.69, 9.17) is 21.6 Å². The number of hydrogen-bond acceptors (Lipinski definition) is 4. The average molecular weight is 336 g/mol. The largest absolute Gasteiger partial charge is 0.461 e. The van der Waals surface area contributed by atoms with Gasteiger partial charge in [0.05, 0.1) is 10.8 Å². The molecule has 1 atom stereocenters.